The molecule has 0 amide bonds. The molecular formula is C19H20O5. The minimum absolute atomic E-state index is 0.160. The van der Waals surface area contributed by atoms with Gasteiger partial charge in [-0.2, -0.15) is 0 Å². The summed E-state index contributed by atoms with van der Waals surface area (Å²) in [6.07, 6.45) is 0.883. The summed E-state index contributed by atoms with van der Waals surface area (Å²) in [6, 6.07) is 15.3. The Labute approximate surface area is 140 Å². The first-order valence-electron chi connectivity index (χ1n) is 7.73. The Bertz CT molecular complexity index is 767. The lowest BCUT2D eigenvalue weighted by atomic mass is 10.1. The number of hydrogen-bond acceptors (Lipinski definition) is 5. The Morgan fingerprint density at radius 2 is 1.79 bits per heavy atom. The van der Waals surface area contributed by atoms with E-state index in [1.165, 1.54) is 0 Å². The fraction of sp³-hybridized carbons (Fsp3) is 0.263. The number of aliphatic hydroxyl groups is 1. The lowest BCUT2D eigenvalue weighted by molar-refractivity contribution is 0.000901. The minimum atomic E-state index is -0.707. The van der Waals surface area contributed by atoms with Gasteiger partial charge in [0.25, 0.3) is 0 Å². The maximum Gasteiger partial charge on any atom is 0.129 e. The lowest BCUT2D eigenvalue weighted by Gasteiger charge is -2.13. The molecule has 0 saturated heterocycles. The van der Waals surface area contributed by atoms with Crippen LogP contribution in [0.2, 0.25) is 0 Å². The molecule has 0 spiro atoms. The van der Waals surface area contributed by atoms with Crippen molar-refractivity contribution in [2.24, 2.45) is 0 Å². The van der Waals surface area contributed by atoms with E-state index in [0.717, 1.165) is 22.3 Å². The molecule has 0 aliphatic rings. The Hall–Kier alpha value is -2.50. The van der Waals surface area contributed by atoms with Crippen LogP contribution in [0.1, 0.15) is 5.76 Å². The van der Waals surface area contributed by atoms with Crippen LogP contribution in [0, 0.1) is 0 Å². The Kier molecular flexibility index (Phi) is 5.36. The highest BCUT2D eigenvalue weighted by molar-refractivity contribution is 5.85. The van der Waals surface area contributed by atoms with Crippen molar-refractivity contribution in [3.05, 3.63) is 60.6 Å². The summed E-state index contributed by atoms with van der Waals surface area (Å²) in [7, 11) is 1.64. The summed E-state index contributed by atoms with van der Waals surface area (Å²) in [5.74, 6) is 2.22. The second-order valence-corrected chi connectivity index (χ2v) is 5.43. The van der Waals surface area contributed by atoms with E-state index >= 15 is 0 Å². The highest BCUT2D eigenvalue weighted by atomic mass is 16.5. The van der Waals surface area contributed by atoms with Crippen LogP contribution < -0.4 is 9.47 Å². The number of benzene rings is 2. The number of furan rings is 1. The second kappa shape index (κ2) is 7.86. The third-order valence-corrected chi connectivity index (χ3v) is 3.60. The fourth-order valence-electron chi connectivity index (χ4n) is 2.35. The van der Waals surface area contributed by atoms with Crippen molar-refractivity contribution in [2.75, 3.05) is 20.3 Å². The third kappa shape index (κ3) is 4.28. The predicted octanol–water partition coefficient (Wildman–Crippen LogP) is 3.40. The van der Waals surface area contributed by atoms with Gasteiger partial charge < -0.3 is 23.7 Å². The molecule has 0 bridgehead atoms. The van der Waals surface area contributed by atoms with E-state index in [1.54, 1.807) is 19.4 Å². The molecule has 0 radical (unpaired) electrons. The van der Waals surface area contributed by atoms with Gasteiger partial charge in [-0.3, -0.25) is 0 Å². The van der Waals surface area contributed by atoms with E-state index in [1.807, 2.05) is 42.5 Å². The first kappa shape index (κ1) is 16.4. The summed E-state index contributed by atoms with van der Waals surface area (Å²) in [4.78, 5) is 0. The first-order chi connectivity index (χ1) is 11.7. The van der Waals surface area contributed by atoms with Crippen molar-refractivity contribution in [1.29, 1.82) is 0 Å². The van der Waals surface area contributed by atoms with Gasteiger partial charge in [-0.05, 0) is 47.2 Å². The highest BCUT2D eigenvalue weighted by Gasteiger charge is 2.07. The Balaban J connectivity index is 1.50. The lowest BCUT2D eigenvalue weighted by Crippen LogP contribution is -2.23. The van der Waals surface area contributed by atoms with E-state index in [-0.39, 0.29) is 13.2 Å². The maximum absolute atomic E-state index is 9.93. The van der Waals surface area contributed by atoms with Crippen LogP contribution in [0.15, 0.2) is 59.2 Å². The molecule has 5 nitrogen and oxygen atoms in total. The van der Waals surface area contributed by atoms with Crippen molar-refractivity contribution >= 4 is 10.8 Å². The van der Waals surface area contributed by atoms with Gasteiger partial charge in [0.1, 0.15) is 36.6 Å². The normalized spacial score (nSPS) is 12.2. The van der Waals surface area contributed by atoms with Gasteiger partial charge in [-0.1, -0.05) is 12.1 Å². The molecule has 1 heterocycles. The molecule has 3 aromatic rings. The van der Waals surface area contributed by atoms with E-state index in [9.17, 15) is 5.11 Å². The standard InChI is InChI=1S/C19H20O5/c1-21-17-6-4-14-5-7-18(10-15(14)9-17)24-12-16(20)11-22-13-19-3-2-8-23-19/h2-10,16,20H,11-13H2,1H3. The number of ether oxygens (including phenoxy) is 3. The van der Waals surface area contributed by atoms with Gasteiger partial charge in [-0.15, -0.1) is 0 Å². The van der Waals surface area contributed by atoms with E-state index < -0.39 is 6.10 Å². The molecule has 0 aliphatic carbocycles. The monoisotopic (exact) mass is 328 g/mol. The summed E-state index contributed by atoms with van der Waals surface area (Å²) in [6.45, 7) is 0.676. The van der Waals surface area contributed by atoms with Gasteiger partial charge >= 0.3 is 0 Å². The smallest absolute Gasteiger partial charge is 0.129 e. The van der Waals surface area contributed by atoms with Gasteiger partial charge in [-0.25, -0.2) is 0 Å². The largest absolute Gasteiger partial charge is 0.497 e. The number of methoxy groups -OCH3 is 1. The molecular weight excluding hydrogens is 308 g/mol. The van der Waals surface area contributed by atoms with Crippen LogP contribution in [0.25, 0.3) is 10.8 Å². The van der Waals surface area contributed by atoms with E-state index in [0.29, 0.717) is 12.4 Å². The number of fused-ring (bicyclic) bond motifs is 1. The van der Waals surface area contributed by atoms with Crippen LogP contribution in [-0.4, -0.2) is 31.5 Å². The van der Waals surface area contributed by atoms with E-state index in [4.69, 9.17) is 18.6 Å². The zero-order valence-electron chi connectivity index (χ0n) is 13.5. The number of hydrogen-bond donors (Lipinski definition) is 1. The van der Waals surface area contributed by atoms with Crippen molar-refractivity contribution in [3.63, 3.8) is 0 Å². The summed E-state index contributed by atoms with van der Waals surface area (Å²) in [5.41, 5.74) is 0. The highest BCUT2D eigenvalue weighted by Crippen LogP contribution is 2.25. The number of aliphatic hydroxyl groups excluding tert-OH is 1. The molecule has 0 fully saturated rings. The molecule has 1 aromatic heterocycles. The molecule has 1 atom stereocenters. The predicted molar refractivity (Wildman–Crippen MR) is 90.4 cm³/mol. The van der Waals surface area contributed by atoms with Crippen molar-refractivity contribution in [2.45, 2.75) is 12.7 Å². The van der Waals surface area contributed by atoms with Crippen molar-refractivity contribution < 1.29 is 23.7 Å². The third-order valence-electron chi connectivity index (χ3n) is 3.60. The summed E-state index contributed by atoms with van der Waals surface area (Å²) >= 11 is 0. The van der Waals surface area contributed by atoms with Gasteiger partial charge in [0, 0.05) is 0 Å². The Morgan fingerprint density at radius 1 is 1.00 bits per heavy atom. The van der Waals surface area contributed by atoms with Gasteiger partial charge in [0.15, 0.2) is 0 Å². The average Bonchev–Trinajstić information content (AvgIpc) is 3.12. The van der Waals surface area contributed by atoms with Gasteiger partial charge in [0.05, 0.1) is 20.0 Å². The molecule has 24 heavy (non-hydrogen) atoms. The van der Waals surface area contributed by atoms with Crippen LogP contribution in [0.5, 0.6) is 11.5 Å². The molecule has 3 rings (SSSR count). The average molecular weight is 328 g/mol. The fourth-order valence-corrected chi connectivity index (χ4v) is 2.35. The minimum Gasteiger partial charge on any atom is -0.497 e. The second-order valence-electron chi connectivity index (χ2n) is 5.43. The zero-order chi connectivity index (χ0) is 16.8. The molecule has 0 aliphatic heterocycles. The van der Waals surface area contributed by atoms with Crippen LogP contribution >= 0.6 is 0 Å². The topological polar surface area (TPSA) is 61.1 Å². The van der Waals surface area contributed by atoms with Crippen LogP contribution in [0.4, 0.5) is 0 Å². The molecule has 5 heteroatoms. The summed E-state index contributed by atoms with van der Waals surface area (Å²) < 4.78 is 21.4. The summed E-state index contributed by atoms with van der Waals surface area (Å²) in [5, 5.41) is 12.1. The SMILES string of the molecule is COc1ccc2ccc(OCC(O)COCc3ccco3)cc2c1. The Morgan fingerprint density at radius 3 is 2.54 bits per heavy atom. The maximum atomic E-state index is 9.93. The van der Waals surface area contributed by atoms with Crippen molar-refractivity contribution in [1.82, 2.24) is 0 Å². The molecule has 2 aromatic carbocycles. The van der Waals surface area contributed by atoms with E-state index in [2.05, 4.69) is 0 Å². The quantitative estimate of drug-likeness (QED) is 0.687. The van der Waals surface area contributed by atoms with Crippen LogP contribution in [0.3, 0.4) is 0 Å². The van der Waals surface area contributed by atoms with Crippen molar-refractivity contribution in [3.8, 4) is 11.5 Å². The molecule has 1 N–H and O–H groups in total. The molecule has 1 unspecified atom stereocenters. The van der Waals surface area contributed by atoms with Gasteiger partial charge in [0.2, 0.25) is 0 Å². The van der Waals surface area contributed by atoms with Crippen LogP contribution in [-0.2, 0) is 11.3 Å². The number of rotatable bonds is 8. The molecule has 0 saturated carbocycles. The first-order valence-corrected chi connectivity index (χ1v) is 7.73. The zero-order valence-corrected chi connectivity index (χ0v) is 13.5. The molecule has 126 valence electrons.